The molecule has 0 aliphatic rings. The zero-order valence-electron chi connectivity index (χ0n) is 39.8. The predicted octanol–water partition coefficient (Wildman–Crippen LogP) is 12.1. The minimum absolute atomic E-state index is 0.0969. The van der Waals surface area contributed by atoms with Crippen molar-refractivity contribution in [1.29, 1.82) is 21.0 Å². The number of allylic oxidation sites excluding steroid dienone is 4. The molecule has 0 spiro atoms. The number of carbonyl (C=O) groups excluding carboxylic acids is 2. The van der Waals surface area contributed by atoms with Crippen LogP contribution >= 0.6 is 0 Å². The van der Waals surface area contributed by atoms with E-state index >= 15 is 0 Å². The molecule has 350 valence electrons. The second kappa shape index (κ2) is 26.0. The second-order valence-corrected chi connectivity index (χ2v) is 17.1. The van der Waals surface area contributed by atoms with Crippen LogP contribution in [0.4, 0.5) is 11.4 Å². The molecule has 6 rings (SSSR count). The van der Waals surface area contributed by atoms with E-state index in [1.165, 1.54) is 0 Å². The molecule has 0 bridgehead atoms. The number of amides is 2. The van der Waals surface area contributed by atoms with Crippen molar-refractivity contribution in [3.8, 4) is 30.0 Å². The lowest BCUT2D eigenvalue weighted by Gasteiger charge is -2.37. The Labute approximate surface area is 412 Å². The summed E-state index contributed by atoms with van der Waals surface area (Å²) in [5.74, 6) is 0.213. The molecule has 0 aliphatic heterocycles. The molecular weight excluding hydrogens is 867 g/mol. The molecule has 0 radical (unpaired) electrons. The largest absolute Gasteiger partial charge is 0.494 e. The molecular formula is C60H57N7O3. The van der Waals surface area contributed by atoms with Gasteiger partial charge in [0.2, 0.25) is 11.8 Å². The van der Waals surface area contributed by atoms with E-state index in [-0.39, 0.29) is 40.7 Å². The van der Waals surface area contributed by atoms with Gasteiger partial charge in [-0.1, -0.05) is 166 Å². The van der Waals surface area contributed by atoms with Crippen LogP contribution in [0.15, 0.2) is 175 Å². The summed E-state index contributed by atoms with van der Waals surface area (Å²) in [5, 5.41) is 45.3. The van der Waals surface area contributed by atoms with E-state index in [9.17, 15) is 30.6 Å². The van der Waals surface area contributed by atoms with Gasteiger partial charge >= 0.3 is 0 Å². The van der Waals surface area contributed by atoms with Crippen LogP contribution in [0.3, 0.4) is 0 Å². The van der Waals surface area contributed by atoms with E-state index in [0.717, 1.165) is 79.3 Å². The molecule has 70 heavy (non-hydrogen) atoms. The lowest BCUT2D eigenvalue weighted by atomic mass is 9.65. The van der Waals surface area contributed by atoms with Crippen molar-refractivity contribution in [3.63, 3.8) is 0 Å². The number of benzene rings is 6. The number of hydrogen-bond acceptors (Lipinski definition) is 8. The van der Waals surface area contributed by atoms with Crippen LogP contribution in [0.2, 0.25) is 0 Å². The van der Waals surface area contributed by atoms with Crippen LogP contribution in [-0.2, 0) is 15.0 Å². The van der Waals surface area contributed by atoms with Crippen molar-refractivity contribution >= 4 is 34.3 Å². The fourth-order valence-corrected chi connectivity index (χ4v) is 8.72. The molecule has 0 saturated carbocycles. The third kappa shape index (κ3) is 13.0. The summed E-state index contributed by atoms with van der Waals surface area (Å²) in [4.78, 5) is 27.4. The Kier molecular flexibility index (Phi) is 18.8. The first kappa shape index (κ1) is 50.7. The molecule has 2 amide bonds. The summed E-state index contributed by atoms with van der Waals surface area (Å²) >= 11 is 0. The number of nitrogens with zero attached hydrogens (tertiary/aromatic N) is 5. The van der Waals surface area contributed by atoms with E-state index < -0.39 is 5.41 Å². The maximum atomic E-state index is 12.9. The lowest BCUT2D eigenvalue weighted by Crippen LogP contribution is -2.33. The Bertz CT molecular complexity index is 2770. The van der Waals surface area contributed by atoms with E-state index in [0.29, 0.717) is 35.6 Å². The summed E-state index contributed by atoms with van der Waals surface area (Å²) in [6.07, 6.45) is 8.23. The minimum atomic E-state index is -0.580. The van der Waals surface area contributed by atoms with Crippen LogP contribution in [0.25, 0.3) is 11.1 Å². The van der Waals surface area contributed by atoms with Crippen LogP contribution in [0, 0.1) is 45.3 Å². The number of carbonyl (C=O) groups is 2. The minimum Gasteiger partial charge on any atom is -0.494 e. The highest BCUT2D eigenvalue weighted by molar-refractivity contribution is 6.11. The standard InChI is InChI=1S/C60H57N7O3/c1-67(2)54-35-27-45(28-36-54)58(47(40-61)41-62)59(48(42-63)43-64)46-29-37-55(38-30-46)70-39-19-8-6-4-3-5-7-18-26-56(68)65-44-57(69)66-53-33-31-52(32-34-53)60(49-20-12-9-13-21-49,50-22-14-10-15-23-50)51-24-16-11-17-25-51/h9-17,20-25,27-38H,3-8,18-19,26,39,44H2,1-2H3,(H,65,68)(H,66,69). The quantitative estimate of drug-likeness (QED) is 0.0277. The number of nitriles is 4. The molecule has 6 aromatic rings. The third-order valence-corrected chi connectivity index (χ3v) is 12.2. The van der Waals surface area contributed by atoms with Crippen molar-refractivity contribution in [1.82, 2.24) is 5.32 Å². The number of rotatable bonds is 23. The van der Waals surface area contributed by atoms with Gasteiger partial charge in [-0.3, -0.25) is 9.59 Å². The first-order valence-corrected chi connectivity index (χ1v) is 23.7. The SMILES string of the molecule is CN(C)c1ccc(C(=C(C#N)C#N)C(=C(C#N)C#N)c2ccc(OCCCCCCCCCCC(=O)NCC(=O)Nc3ccc(C(c4ccccc4)(c4ccccc4)c4ccccc4)cc3)cc2)cc1. The van der Waals surface area contributed by atoms with Gasteiger partial charge in [0.15, 0.2) is 0 Å². The Morgan fingerprint density at radius 3 is 1.36 bits per heavy atom. The molecule has 0 atom stereocenters. The van der Waals surface area contributed by atoms with Crippen molar-refractivity contribution in [2.24, 2.45) is 0 Å². The van der Waals surface area contributed by atoms with Crippen molar-refractivity contribution in [3.05, 3.63) is 208 Å². The number of nitrogens with one attached hydrogen (secondary N) is 2. The van der Waals surface area contributed by atoms with Gasteiger partial charge in [0.25, 0.3) is 0 Å². The molecule has 0 fully saturated rings. The Morgan fingerprint density at radius 1 is 0.500 bits per heavy atom. The van der Waals surface area contributed by atoms with Gasteiger partial charge in [0, 0.05) is 43.0 Å². The summed E-state index contributed by atoms with van der Waals surface area (Å²) in [6, 6.07) is 61.4. The topological polar surface area (TPSA) is 166 Å². The summed E-state index contributed by atoms with van der Waals surface area (Å²) in [6.45, 7) is 0.429. The number of unbranched alkanes of at least 4 members (excludes halogenated alkanes) is 7. The second-order valence-electron chi connectivity index (χ2n) is 17.1. The monoisotopic (exact) mass is 923 g/mol. The molecule has 10 heteroatoms. The van der Waals surface area contributed by atoms with E-state index in [1.54, 1.807) is 36.4 Å². The van der Waals surface area contributed by atoms with E-state index in [1.807, 2.05) is 85.7 Å². The van der Waals surface area contributed by atoms with Crippen LogP contribution in [0.5, 0.6) is 5.75 Å². The van der Waals surface area contributed by atoms with Gasteiger partial charge in [-0.2, -0.15) is 21.0 Å². The lowest BCUT2D eigenvalue weighted by molar-refractivity contribution is -0.124. The van der Waals surface area contributed by atoms with Crippen LogP contribution in [-0.4, -0.2) is 39.1 Å². The van der Waals surface area contributed by atoms with Crippen molar-refractivity contribution < 1.29 is 14.3 Å². The first-order valence-electron chi connectivity index (χ1n) is 23.7. The van der Waals surface area contributed by atoms with Gasteiger partial charge in [-0.15, -0.1) is 0 Å². The Morgan fingerprint density at radius 2 is 0.914 bits per heavy atom. The van der Waals surface area contributed by atoms with Gasteiger partial charge in [0.05, 0.1) is 18.6 Å². The van der Waals surface area contributed by atoms with Crippen LogP contribution < -0.4 is 20.3 Å². The van der Waals surface area contributed by atoms with Crippen LogP contribution in [0.1, 0.15) is 91.2 Å². The number of ether oxygens (including phenoxy) is 1. The highest BCUT2D eigenvalue weighted by Gasteiger charge is 2.38. The molecule has 2 N–H and O–H groups in total. The molecule has 10 nitrogen and oxygen atoms in total. The summed E-state index contributed by atoms with van der Waals surface area (Å²) < 4.78 is 6.00. The zero-order valence-corrected chi connectivity index (χ0v) is 39.8. The maximum Gasteiger partial charge on any atom is 0.243 e. The molecule has 0 aliphatic carbocycles. The first-order chi connectivity index (χ1) is 34.2. The molecule has 0 aromatic heterocycles. The van der Waals surface area contributed by atoms with E-state index in [4.69, 9.17) is 4.74 Å². The average Bonchev–Trinajstić information content (AvgIpc) is 3.40. The average molecular weight is 924 g/mol. The van der Waals surface area contributed by atoms with Gasteiger partial charge in [-0.05, 0) is 82.6 Å². The van der Waals surface area contributed by atoms with Gasteiger partial charge < -0.3 is 20.3 Å². The predicted molar refractivity (Wildman–Crippen MR) is 277 cm³/mol. The molecule has 0 unspecified atom stereocenters. The normalized spacial score (nSPS) is 10.5. The van der Waals surface area contributed by atoms with Gasteiger partial charge in [0.1, 0.15) is 41.2 Å². The molecule has 0 heterocycles. The highest BCUT2D eigenvalue weighted by atomic mass is 16.5. The number of hydrogen-bond donors (Lipinski definition) is 2. The van der Waals surface area contributed by atoms with E-state index in [2.05, 4.69) is 95.6 Å². The Hall–Kier alpha value is -8.70. The third-order valence-electron chi connectivity index (χ3n) is 12.2. The summed E-state index contributed by atoms with van der Waals surface area (Å²) in [5.41, 5.74) is 6.53. The molecule has 0 saturated heterocycles. The fourth-order valence-electron chi connectivity index (χ4n) is 8.72. The van der Waals surface area contributed by atoms with Gasteiger partial charge in [-0.25, -0.2) is 0 Å². The fraction of sp³-hybridized carbons (Fsp3) is 0.233. The summed E-state index contributed by atoms with van der Waals surface area (Å²) in [7, 11) is 3.80. The molecule has 6 aromatic carbocycles. The highest BCUT2D eigenvalue weighted by Crippen LogP contribution is 2.45. The zero-order chi connectivity index (χ0) is 49.6. The smallest absolute Gasteiger partial charge is 0.243 e. The maximum absolute atomic E-state index is 12.9. The van der Waals surface area contributed by atoms with Crippen molar-refractivity contribution in [2.45, 2.75) is 63.2 Å². The number of anilines is 2. The Balaban J connectivity index is 0.886. The van der Waals surface area contributed by atoms with Crippen molar-refractivity contribution in [2.75, 3.05) is 37.5 Å².